The Bertz CT molecular complexity index is 743. The Morgan fingerprint density at radius 1 is 1.08 bits per heavy atom. The van der Waals surface area contributed by atoms with Crippen LogP contribution in [0.5, 0.6) is 0 Å². The summed E-state index contributed by atoms with van der Waals surface area (Å²) in [5.41, 5.74) is 0.282. The van der Waals surface area contributed by atoms with Crippen molar-refractivity contribution in [3.63, 3.8) is 0 Å². The molecular formula is C17H22F2N2O4S. The smallest absolute Gasteiger partial charge is 0.341 e. The summed E-state index contributed by atoms with van der Waals surface area (Å²) in [4.78, 5) is 15.8. The third kappa shape index (κ3) is 3.83. The Kier molecular flexibility index (Phi) is 5.76. The van der Waals surface area contributed by atoms with Crippen molar-refractivity contribution in [2.45, 2.75) is 23.5 Å². The van der Waals surface area contributed by atoms with Gasteiger partial charge in [0.05, 0.1) is 23.8 Å². The number of hydrogen-bond donors (Lipinski definition) is 0. The molecule has 3 rings (SSSR count). The quantitative estimate of drug-likeness (QED) is 0.786. The molecule has 144 valence electrons. The molecule has 2 aliphatic rings. The van der Waals surface area contributed by atoms with E-state index in [9.17, 15) is 22.0 Å². The highest BCUT2D eigenvalue weighted by molar-refractivity contribution is 7.91. The van der Waals surface area contributed by atoms with Crippen LogP contribution in [0.25, 0.3) is 0 Å². The summed E-state index contributed by atoms with van der Waals surface area (Å²) < 4.78 is 55.0. The van der Waals surface area contributed by atoms with Crippen molar-refractivity contribution < 1.29 is 26.7 Å². The number of halogens is 2. The first-order valence-electron chi connectivity index (χ1n) is 8.64. The lowest BCUT2D eigenvalue weighted by atomic mass is 9.94. The second-order valence-electron chi connectivity index (χ2n) is 6.47. The first kappa shape index (κ1) is 19.0. The molecule has 2 aliphatic heterocycles. The molecule has 6 nitrogen and oxygen atoms in total. The number of carbonyl (C=O) groups excluding carboxylic acids is 1. The van der Waals surface area contributed by atoms with Crippen LogP contribution in [-0.4, -0.2) is 64.4 Å². The second kappa shape index (κ2) is 7.87. The van der Waals surface area contributed by atoms with E-state index in [0.717, 1.165) is 0 Å². The van der Waals surface area contributed by atoms with Gasteiger partial charge in [0, 0.05) is 32.1 Å². The predicted molar refractivity (Wildman–Crippen MR) is 92.0 cm³/mol. The van der Waals surface area contributed by atoms with Gasteiger partial charge < -0.3 is 14.5 Å². The van der Waals surface area contributed by atoms with Crippen LogP contribution < -0.4 is 4.90 Å². The molecule has 0 saturated carbocycles. The minimum Gasteiger partial charge on any atom is -0.378 e. The van der Waals surface area contributed by atoms with Crippen LogP contribution in [0.2, 0.25) is 0 Å². The molecule has 26 heavy (non-hydrogen) atoms. The largest absolute Gasteiger partial charge is 0.378 e. The molecule has 1 amide bonds. The van der Waals surface area contributed by atoms with E-state index < -0.39 is 15.6 Å². The van der Waals surface area contributed by atoms with Gasteiger partial charge in [-0.2, -0.15) is 8.78 Å². The van der Waals surface area contributed by atoms with E-state index >= 15 is 0 Å². The molecule has 0 bridgehead atoms. The Morgan fingerprint density at radius 2 is 1.69 bits per heavy atom. The lowest BCUT2D eigenvalue weighted by molar-refractivity contribution is -0.140. The van der Waals surface area contributed by atoms with Crippen molar-refractivity contribution in [1.29, 1.82) is 0 Å². The van der Waals surface area contributed by atoms with Gasteiger partial charge in [-0.1, -0.05) is 12.1 Å². The first-order chi connectivity index (χ1) is 12.4. The maximum Gasteiger partial charge on any atom is 0.341 e. The van der Waals surface area contributed by atoms with Gasteiger partial charge >= 0.3 is 5.76 Å². The number of morpholine rings is 1. The Labute approximate surface area is 151 Å². The zero-order valence-corrected chi connectivity index (χ0v) is 15.1. The normalized spacial score (nSPS) is 19.8. The van der Waals surface area contributed by atoms with Crippen molar-refractivity contribution in [3.8, 4) is 0 Å². The Balaban J connectivity index is 1.70. The van der Waals surface area contributed by atoms with Crippen LogP contribution >= 0.6 is 0 Å². The summed E-state index contributed by atoms with van der Waals surface area (Å²) >= 11 is 0. The number of nitrogens with zero attached hydrogens (tertiary/aromatic N) is 2. The molecule has 0 aromatic heterocycles. The number of sulfone groups is 1. The van der Waals surface area contributed by atoms with Gasteiger partial charge in [-0.25, -0.2) is 8.42 Å². The highest BCUT2D eigenvalue weighted by Gasteiger charge is 2.33. The van der Waals surface area contributed by atoms with E-state index in [1.54, 1.807) is 21.9 Å². The number of benzene rings is 1. The van der Waals surface area contributed by atoms with Gasteiger partial charge in [-0.15, -0.1) is 0 Å². The highest BCUT2D eigenvalue weighted by atomic mass is 32.2. The van der Waals surface area contributed by atoms with E-state index in [-0.39, 0.29) is 22.4 Å². The molecule has 0 N–H and O–H groups in total. The average Bonchev–Trinajstić information content (AvgIpc) is 2.68. The third-order valence-electron chi connectivity index (χ3n) is 4.91. The minimum absolute atomic E-state index is 0.0986. The van der Waals surface area contributed by atoms with Gasteiger partial charge in [0.15, 0.2) is 0 Å². The van der Waals surface area contributed by atoms with Crippen LogP contribution in [0.4, 0.5) is 14.5 Å². The predicted octanol–water partition coefficient (Wildman–Crippen LogP) is 1.76. The molecule has 0 aliphatic carbocycles. The minimum atomic E-state index is -4.67. The topological polar surface area (TPSA) is 66.9 Å². The first-order valence-corrected chi connectivity index (χ1v) is 10.2. The number of ether oxygens (including phenoxy) is 1. The van der Waals surface area contributed by atoms with Crippen molar-refractivity contribution in [3.05, 3.63) is 24.3 Å². The van der Waals surface area contributed by atoms with E-state index in [1.165, 1.54) is 12.1 Å². The Hall–Kier alpha value is -1.74. The van der Waals surface area contributed by atoms with Crippen LogP contribution in [-0.2, 0) is 19.4 Å². The third-order valence-corrected chi connectivity index (χ3v) is 6.34. The van der Waals surface area contributed by atoms with E-state index in [2.05, 4.69) is 0 Å². The highest BCUT2D eigenvalue weighted by Crippen LogP contribution is 2.32. The maximum atomic E-state index is 13.0. The molecule has 9 heteroatoms. The lowest BCUT2D eigenvalue weighted by Crippen LogP contribution is -2.47. The number of hydrogen-bond acceptors (Lipinski definition) is 5. The summed E-state index contributed by atoms with van der Waals surface area (Å²) in [6.07, 6.45) is 1.14. The lowest BCUT2D eigenvalue weighted by Gasteiger charge is -2.37. The molecule has 0 atom stereocenters. The summed E-state index contributed by atoms with van der Waals surface area (Å²) in [7, 11) is -4.67. The molecule has 0 radical (unpaired) electrons. The van der Waals surface area contributed by atoms with Crippen molar-refractivity contribution in [2.75, 3.05) is 44.3 Å². The van der Waals surface area contributed by atoms with Gasteiger partial charge in [-0.05, 0) is 25.0 Å². The fraction of sp³-hybridized carbons (Fsp3) is 0.588. The van der Waals surface area contributed by atoms with E-state index in [0.29, 0.717) is 52.2 Å². The molecular weight excluding hydrogens is 366 g/mol. The molecule has 2 heterocycles. The number of para-hydroxylation sites is 1. The molecule has 0 spiro atoms. The molecule has 1 aromatic carbocycles. The number of anilines is 1. The Morgan fingerprint density at radius 3 is 2.31 bits per heavy atom. The zero-order valence-electron chi connectivity index (χ0n) is 14.3. The monoisotopic (exact) mass is 388 g/mol. The van der Waals surface area contributed by atoms with Gasteiger partial charge in [-0.3, -0.25) is 4.79 Å². The number of rotatable bonds is 4. The van der Waals surface area contributed by atoms with Crippen LogP contribution in [0.3, 0.4) is 0 Å². The van der Waals surface area contributed by atoms with Gasteiger partial charge in [0.25, 0.3) is 0 Å². The standard InChI is InChI=1S/C17H22F2N2O4S/c18-17(19)26(23,24)15-4-2-1-3-14(15)20-7-5-13(6-8-20)16(22)21-9-11-25-12-10-21/h1-4,13,17H,5-12H2. The molecule has 2 fully saturated rings. The van der Waals surface area contributed by atoms with Gasteiger partial charge in [0.1, 0.15) is 0 Å². The summed E-state index contributed by atoms with van der Waals surface area (Å²) in [5, 5.41) is 0. The number of carbonyl (C=O) groups is 1. The fourth-order valence-corrected chi connectivity index (χ4v) is 4.41. The molecule has 2 saturated heterocycles. The van der Waals surface area contributed by atoms with Crippen molar-refractivity contribution in [1.82, 2.24) is 4.90 Å². The van der Waals surface area contributed by atoms with Crippen LogP contribution in [0, 0.1) is 5.92 Å². The summed E-state index contributed by atoms with van der Waals surface area (Å²) in [6.45, 7) is 3.18. The zero-order chi connectivity index (χ0) is 18.7. The maximum absolute atomic E-state index is 13.0. The summed E-state index contributed by atoms with van der Waals surface area (Å²) in [6, 6.07) is 5.82. The SMILES string of the molecule is O=C(C1CCN(c2ccccc2S(=O)(=O)C(F)F)CC1)N1CCOCC1. The number of piperidine rings is 1. The van der Waals surface area contributed by atoms with Crippen molar-refractivity contribution in [2.24, 2.45) is 5.92 Å². The van der Waals surface area contributed by atoms with Crippen LogP contribution in [0.15, 0.2) is 29.2 Å². The van der Waals surface area contributed by atoms with E-state index in [4.69, 9.17) is 4.74 Å². The van der Waals surface area contributed by atoms with Gasteiger partial charge in [0.2, 0.25) is 15.7 Å². The summed E-state index contributed by atoms with van der Waals surface area (Å²) in [5.74, 6) is -3.48. The second-order valence-corrected chi connectivity index (χ2v) is 8.36. The molecule has 1 aromatic rings. The average molecular weight is 388 g/mol. The van der Waals surface area contributed by atoms with E-state index in [1.807, 2.05) is 0 Å². The van der Waals surface area contributed by atoms with Crippen LogP contribution in [0.1, 0.15) is 12.8 Å². The fourth-order valence-electron chi connectivity index (χ4n) is 3.46. The van der Waals surface area contributed by atoms with Crippen molar-refractivity contribution >= 4 is 21.4 Å². The number of alkyl halides is 2. The number of amides is 1. The molecule has 0 unspecified atom stereocenters.